The number of nitrogens with one attached hydrogen (secondary N) is 2. The summed E-state index contributed by atoms with van der Waals surface area (Å²) in [6, 6.07) is 5.47. The molecule has 1 rings (SSSR count). The van der Waals surface area contributed by atoms with E-state index in [1.807, 2.05) is 12.1 Å². The highest BCUT2D eigenvalue weighted by Crippen LogP contribution is 2.22. The zero-order chi connectivity index (χ0) is 12.1. The Labute approximate surface area is 96.2 Å². The minimum absolute atomic E-state index is 0.0951. The summed E-state index contributed by atoms with van der Waals surface area (Å²) in [6.45, 7) is 6.62. The van der Waals surface area contributed by atoms with Gasteiger partial charge in [-0.2, -0.15) is 0 Å². The summed E-state index contributed by atoms with van der Waals surface area (Å²) in [5.41, 5.74) is 8.14. The Morgan fingerprint density at radius 2 is 2.12 bits per heavy atom. The van der Waals surface area contributed by atoms with Crippen molar-refractivity contribution in [2.45, 2.75) is 20.8 Å². The molecule has 0 spiro atoms. The molecule has 1 aromatic rings. The van der Waals surface area contributed by atoms with E-state index in [0.717, 1.165) is 17.9 Å². The number of nitrogens with two attached hydrogens (primary N) is 1. The van der Waals surface area contributed by atoms with Crippen LogP contribution in [-0.2, 0) is 4.79 Å². The van der Waals surface area contributed by atoms with Gasteiger partial charge in [0, 0.05) is 19.2 Å². The Kier molecular flexibility index (Phi) is 4.17. The van der Waals surface area contributed by atoms with Gasteiger partial charge < -0.3 is 16.4 Å². The van der Waals surface area contributed by atoms with Crippen LogP contribution in [0.15, 0.2) is 18.2 Å². The van der Waals surface area contributed by atoms with Crippen molar-refractivity contribution in [3.05, 3.63) is 18.2 Å². The van der Waals surface area contributed by atoms with Gasteiger partial charge in [0.15, 0.2) is 0 Å². The van der Waals surface area contributed by atoms with Gasteiger partial charge in [0.1, 0.15) is 0 Å². The number of carbonyl (C=O) groups is 1. The number of anilines is 3. The van der Waals surface area contributed by atoms with Crippen molar-refractivity contribution >= 4 is 23.0 Å². The molecule has 88 valence electrons. The maximum absolute atomic E-state index is 10.9. The maximum Gasteiger partial charge on any atom is 0.221 e. The molecule has 0 aliphatic carbocycles. The number of rotatable bonds is 4. The Balaban J connectivity index is 2.71. The first-order valence-corrected chi connectivity index (χ1v) is 5.40. The Morgan fingerprint density at radius 1 is 1.44 bits per heavy atom. The van der Waals surface area contributed by atoms with Crippen LogP contribution in [0.5, 0.6) is 0 Å². The van der Waals surface area contributed by atoms with E-state index in [4.69, 9.17) is 5.73 Å². The molecule has 4 heteroatoms. The second-order valence-electron chi connectivity index (χ2n) is 4.26. The molecule has 16 heavy (non-hydrogen) atoms. The van der Waals surface area contributed by atoms with Crippen LogP contribution in [0.1, 0.15) is 20.8 Å². The number of carbonyl (C=O) groups excluding carboxylic acids is 1. The average molecular weight is 221 g/mol. The molecule has 4 N–H and O–H groups in total. The lowest BCUT2D eigenvalue weighted by molar-refractivity contribution is -0.114. The van der Waals surface area contributed by atoms with Crippen molar-refractivity contribution in [3.8, 4) is 0 Å². The number of benzene rings is 1. The minimum Gasteiger partial charge on any atom is -0.397 e. The van der Waals surface area contributed by atoms with Crippen molar-refractivity contribution in [1.29, 1.82) is 0 Å². The number of amides is 1. The molecule has 0 bridgehead atoms. The van der Waals surface area contributed by atoms with E-state index in [2.05, 4.69) is 24.5 Å². The zero-order valence-electron chi connectivity index (χ0n) is 10.0. The topological polar surface area (TPSA) is 67.2 Å². The summed E-state index contributed by atoms with van der Waals surface area (Å²) in [5.74, 6) is 0.469. The smallest absolute Gasteiger partial charge is 0.221 e. The summed E-state index contributed by atoms with van der Waals surface area (Å²) in [4.78, 5) is 10.9. The highest BCUT2D eigenvalue weighted by Gasteiger charge is 2.02. The van der Waals surface area contributed by atoms with Gasteiger partial charge in [-0.15, -0.1) is 0 Å². The summed E-state index contributed by atoms with van der Waals surface area (Å²) in [7, 11) is 0. The highest BCUT2D eigenvalue weighted by atomic mass is 16.1. The molecule has 0 aliphatic rings. The van der Waals surface area contributed by atoms with E-state index in [0.29, 0.717) is 11.6 Å². The SMILES string of the molecule is CC(=O)Nc1ccc(NCC(C)C)c(N)c1. The monoisotopic (exact) mass is 221 g/mol. The Morgan fingerprint density at radius 3 is 2.62 bits per heavy atom. The van der Waals surface area contributed by atoms with Crippen LogP contribution >= 0.6 is 0 Å². The van der Waals surface area contributed by atoms with Gasteiger partial charge in [0.2, 0.25) is 5.91 Å². The van der Waals surface area contributed by atoms with E-state index in [1.54, 1.807) is 6.07 Å². The first-order valence-electron chi connectivity index (χ1n) is 5.40. The predicted molar refractivity (Wildman–Crippen MR) is 68.5 cm³/mol. The summed E-state index contributed by atoms with van der Waals surface area (Å²) in [6.07, 6.45) is 0. The van der Waals surface area contributed by atoms with Crippen LogP contribution in [0.4, 0.5) is 17.1 Å². The maximum atomic E-state index is 10.9. The van der Waals surface area contributed by atoms with Gasteiger partial charge in [0.05, 0.1) is 11.4 Å². The molecular weight excluding hydrogens is 202 g/mol. The van der Waals surface area contributed by atoms with Crippen molar-refractivity contribution in [1.82, 2.24) is 0 Å². The molecule has 0 unspecified atom stereocenters. The highest BCUT2D eigenvalue weighted by molar-refractivity contribution is 5.90. The third-order valence-corrected chi connectivity index (χ3v) is 2.07. The first-order chi connectivity index (χ1) is 7.49. The van der Waals surface area contributed by atoms with Crippen LogP contribution in [0.2, 0.25) is 0 Å². The molecular formula is C12H19N3O. The van der Waals surface area contributed by atoms with E-state index < -0.39 is 0 Å². The van der Waals surface area contributed by atoms with E-state index in [-0.39, 0.29) is 5.91 Å². The van der Waals surface area contributed by atoms with E-state index in [1.165, 1.54) is 6.92 Å². The van der Waals surface area contributed by atoms with Gasteiger partial charge in [-0.25, -0.2) is 0 Å². The average Bonchev–Trinajstić information content (AvgIpc) is 2.15. The van der Waals surface area contributed by atoms with E-state index >= 15 is 0 Å². The fourth-order valence-electron chi connectivity index (χ4n) is 1.32. The van der Waals surface area contributed by atoms with Crippen molar-refractivity contribution in [3.63, 3.8) is 0 Å². The Bertz CT molecular complexity index is 375. The lowest BCUT2D eigenvalue weighted by Crippen LogP contribution is -2.10. The summed E-state index contributed by atoms with van der Waals surface area (Å²) >= 11 is 0. The largest absolute Gasteiger partial charge is 0.397 e. The van der Waals surface area contributed by atoms with Gasteiger partial charge in [-0.1, -0.05) is 13.8 Å². The molecule has 1 amide bonds. The zero-order valence-corrected chi connectivity index (χ0v) is 10.0. The Hall–Kier alpha value is -1.71. The summed E-state index contributed by atoms with van der Waals surface area (Å²) in [5, 5.41) is 5.95. The fraction of sp³-hybridized carbons (Fsp3) is 0.417. The molecule has 0 fully saturated rings. The normalized spacial score (nSPS) is 10.2. The van der Waals surface area contributed by atoms with Crippen molar-refractivity contribution in [2.75, 3.05) is 22.9 Å². The van der Waals surface area contributed by atoms with Crippen molar-refractivity contribution in [2.24, 2.45) is 5.92 Å². The van der Waals surface area contributed by atoms with Gasteiger partial charge in [-0.05, 0) is 24.1 Å². The molecule has 0 heterocycles. The molecule has 0 aromatic heterocycles. The second-order valence-corrected chi connectivity index (χ2v) is 4.26. The second kappa shape index (κ2) is 5.39. The van der Waals surface area contributed by atoms with Gasteiger partial charge in [-0.3, -0.25) is 4.79 Å². The molecule has 0 radical (unpaired) electrons. The number of hydrogen-bond donors (Lipinski definition) is 3. The third kappa shape index (κ3) is 3.81. The lowest BCUT2D eigenvalue weighted by atomic mass is 10.2. The fourth-order valence-corrected chi connectivity index (χ4v) is 1.32. The predicted octanol–water partition coefficient (Wildman–Crippen LogP) is 2.30. The minimum atomic E-state index is -0.0951. The lowest BCUT2D eigenvalue weighted by Gasteiger charge is -2.12. The molecule has 1 aromatic carbocycles. The van der Waals surface area contributed by atoms with Crippen LogP contribution in [0.25, 0.3) is 0 Å². The molecule has 0 atom stereocenters. The molecule has 0 saturated carbocycles. The van der Waals surface area contributed by atoms with Crippen LogP contribution in [0.3, 0.4) is 0 Å². The van der Waals surface area contributed by atoms with Gasteiger partial charge in [0.25, 0.3) is 0 Å². The van der Waals surface area contributed by atoms with Crippen LogP contribution in [-0.4, -0.2) is 12.5 Å². The molecule has 0 saturated heterocycles. The van der Waals surface area contributed by atoms with Crippen LogP contribution in [0, 0.1) is 5.92 Å². The molecule has 4 nitrogen and oxygen atoms in total. The van der Waals surface area contributed by atoms with Gasteiger partial charge >= 0.3 is 0 Å². The number of hydrogen-bond acceptors (Lipinski definition) is 3. The third-order valence-electron chi connectivity index (χ3n) is 2.07. The van der Waals surface area contributed by atoms with Crippen molar-refractivity contribution < 1.29 is 4.79 Å². The molecule has 0 aliphatic heterocycles. The number of nitrogen functional groups attached to an aromatic ring is 1. The van der Waals surface area contributed by atoms with Crippen LogP contribution < -0.4 is 16.4 Å². The summed E-state index contributed by atoms with van der Waals surface area (Å²) < 4.78 is 0. The standard InChI is InChI=1S/C12H19N3O/c1-8(2)7-14-12-5-4-10(6-11(12)13)15-9(3)16/h4-6,8,14H,7,13H2,1-3H3,(H,15,16). The quantitative estimate of drug-likeness (QED) is 0.683. The van der Waals surface area contributed by atoms with E-state index in [9.17, 15) is 4.79 Å². The first kappa shape index (κ1) is 12.4.